The van der Waals surface area contributed by atoms with Gasteiger partial charge in [-0.3, -0.25) is 0 Å². The number of aromatic nitrogens is 1. The average Bonchev–Trinajstić information content (AvgIpc) is 2.78. The third kappa shape index (κ3) is 3.81. The van der Waals surface area contributed by atoms with E-state index in [1.807, 2.05) is 13.8 Å². The maximum atomic E-state index is 11.6. The molecule has 0 spiro atoms. The number of nitrogens with one attached hydrogen (secondary N) is 1. The summed E-state index contributed by atoms with van der Waals surface area (Å²) >= 11 is 0. The number of nitriles is 1. The van der Waals surface area contributed by atoms with Crippen LogP contribution in [0.4, 0.5) is 5.82 Å². The fraction of sp³-hybridized carbons (Fsp3) is 0.579. The Hall–Kier alpha value is -2.22. The number of ether oxygens (including phenoxy) is 1. The topological polar surface area (TPSA) is 67.0 Å². The van der Waals surface area contributed by atoms with Crippen LogP contribution in [-0.4, -0.2) is 17.1 Å². The second-order valence-electron chi connectivity index (χ2n) is 6.41. The number of esters is 1. The summed E-state index contributed by atoms with van der Waals surface area (Å²) < 4.78 is 7.21. The van der Waals surface area contributed by atoms with E-state index in [9.17, 15) is 10.1 Å². The van der Waals surface area contributed by atoms with Crippen molar-refractivity contribution in [3.05, 3.63) is 28.6 Å². The Kier molecular flexibility index (Phi) is 6.08. The first kappa shape index (κ1) is 18.1. The van der Waals surface area contributed by atoms with Crippen LogP contribution in [0.1, 0.15) is 68.8 Å². The van der Waals surface area contributed by atoms with E-state index in [1.54, 1.807) is 6.92 Å². The highest BCUT2D eigenvalue weighted by molar-refractivity contribution is 5.83. The molecular weight excluding hydrogens is 302 g/mol. The molecular formula is C19H27N3O2. The lowest BCUT2D eigenvalue weighted by atomic mass is 9.95. The Morgan fingerprint density at radius 2 is 2.04 bits per heavy atom. The van der Waals surface area contributed by atoms with E-state index >= 15 is 0 Å². The highest BCUT2D eigenvalue weighted by Gasteiger charge is 2.24. The quantitative estimate of drug-likeness (QED) is 0.644. The molecule has 0 atom stereocenters. The fourth-order valence-electron chi connectivity index (χ4n) is 3.47. The minimum absolute atomic E-state index is 0.350. The monoisotopic (exact) mass is 329 g/mol. The van der Waals surface area contributed by atoms with Gasteiger partial charge in [-0.25, -0.2) is 4.79 Å². The number of rotatable bonds is 5. The number of carbonyl (C=O) groups excluding carboxylic acids is 1. The normalized spacial score (nSPS) is 15.9. The Morgan fingerprint density at radius 1 is 1.38 bits per heavy atom. The van der Waals surface area contributed by atoms with Crippen molar-refractivity contribution in [3.8, 4) is 6.07 Å². The smallest absolute Gasteiger partial charge is 0.332 e. The van der Waals surface area contributed by atoms with Gasteiger partial charge in [-0.05, 0) is 46.1 Å². The van der Waals surface area contributed by atoms with Crippen LogP contribution in [0.15, 0.2) is 11.8 Å². The second-order valence-corrected chi connectivity index (χ2v) is 6.41. The Labute approximate surface area is 144 Å². The number of hydrogen-bond donors (Lipinski definition) is 1. The molecule has 1 N–H and O–H groups in total. The van der Waals surface area contributed by atoms with Crippen LogP contribution in [0, 0.1) is 25.2 Å². The molecule has 0 aromatic carbocycles. The van der Waals surface area contributed by atoms with Crippen LogP contribution in [0.5, 0.6) is 0 Å². The largest absolute Gasteiger partial charge is 0.463 e. The summed E-state index contributed by atoms with van der Waals surface area (Å²) in [4.78, 5) is 11.6. The van der Waals surface area contributed by atoms with Crippen LogP contribution in [0.3, 0.4) is 0 Å². The summed E-state index contributed by atoms with van der Waals surface area (Å²) in [5, 5.41) is 12.9. The molecule has 1 heterocycles. The minimum Gasteiger partial charge on any atom is -0.463 e. The standard InChI is InChI=1S/C19H27N3O2/c1-5-24-18(23)11-13(2)21-19-17(12-20)14(3)15(4)22(19)16-9-7-6-8-10-16/h11,16,21H,5-10H2,1-4H3/b13-11+. The van der Waals surface area contributed by atoms with E-state index < -0.39 is 0 Å². The first-order valence-corrected chi connectivity index (χ1v) is 8.73. The number of anilines is 1. The summed E-state index contributed by atoms with van der Waals surface area (Å²) in [7, 11) is 0. The van der Waals surface area contributed by atoms with Gasteiger partial charge in [0.1, 0.15) is 11.9 Å². The van der Waals surface area contributed by atoms with Crippen LogP contribution in [0.2, 0.25) is 0 Å². The van der Waals surface area contributed by atoms with E-state index in [2.05, 4.69) is 22.9 Å². The maximum absolute atomic E-state index is 11.6. The third-order valence-electron chi connectivity index (χ3n) is 4.74. The van der Waals surface area contributed by atoms with Gasteiger partial charge >= 0.3 is 5.97 Å². The first-order valence-electron chi connectivity index (χ1n) is 8.73. The number of nitrogens with zero attached hydrogens (tertiary/aromatic N) is 2. The van der Waals surface area contributed by atoms with Crippen molar-refractivity contribution in [2.24, 2.45) is 0 Å². The van der Waals surface area contributed by atoms with Crippen molar-refractivity contribution in [1.82, 2.24) is 4.57 Å². The third-order valence-corrected chi connectivity index (χ3v) is 4.74. The van der Waals surface area contributed by atoms with Gasteiger partial charge in [0.25, 0.3) is 0 Å². The maximum Gasteiger partial charge on any atom is 0.332 e. The zero-order valence-electron chi connectivity index (χ0n) is 15.1. The second kappa shape index (κ2) is 8.05. The van der Waals surface area contributed by atoms with Gasteiger partial charge in [-0.2, -0.15) is 5.26 Å². The molecule has 0 amide bonds. The van der Waals surface area contributed by atoms with Gasteiger partial charge in [0.05, 0.1) is 12.2 Å². The molecule has 5 heteroatoms. The number of carbonyl (C=O) groups is 1. The molecule has 1 aromatic rings. The lowest BCUT2D eigenvalue weighted by Gasteiger charge is -2.27. The lowest BCUT2D eigenvalue weighted by molar-refractivity contribution is -0.137. The molecule has 1 fully saturated rings. The number of hydrogen-bond acceptors (Lipinski definition) is 4. The first-order chi connectivity index (χ1) is 11.5. The van der Waals surface area contributed by atoms with Gasteiger partial charge in [0.2, 0.25) is 0 Å². The van der Waals surface area contributed by atoms with Crippen molar-refractivity contribution in [2.45, 2.75) is 65.8 Å². The van der Waals surface area contributed by atoms with E-state index in [0.717, 1.165) is 29.9 Å². The van der Waals surface area contributed by atoms with Crippen LogP contribution in [-0.2, 0) is 9.53 Å². The van der Waals surface area contributed by atoms with Crippen molar-refractivity contribution in [3.63, 3.8) is 0 Å². The van der Waals surface area contributed by atoms with Gasteiger partial charge < -0.3 is 14.6 Å². The zero-order valence-corrected chi connectivity index (χ0v) is 15.1. The Morgan fingerprint density at radius 3 is 2.62 bits per heavy atom. The summed E-state index contributed by atoms with van der Waals surface area (Å²) in [6.07, 6.45) is 7.43. The molecule has 5 nitrogen and oxygen atoms in total. The van der Waals surface area contributed by atoms with Gasteiger partial charge in [-0.1, -0.05) is 19.3 Å². The minimum atomic E-state index is -0.370. The van der Waals surface area contributed by atoms with Crippen LogP contribution in [0.25, 0.3) is 0 Å². The molecule has 0 unspecified atom stereocenters. The summed E-state index contributed by atoms with van der Waals surface area (Å²) in [5.41, 5.74) is 3.48. The highest BCUT2D eigenvalue weighted by Crippen LogP contribution is 2.37. The SMILES string of the molecule is CCOC(=O)/C=C(\C)Nc1c(C#N)c(C)c(C)n1C1CCCCC1. The molecule has 0 radical (unpaired) electrons. The summed E-state index contributed by atoms with van der Waals surface area (Å²) in [5.74, 6) is 0.433. The molecule has 1 aliphatic carbocycles. The molecule has 1 aromatic heterocycles. The molecule has 24 heavy (non-hydrogen) atoms. The van der Waals surface area contributed by atoms with Crippen LogP contribution < -0.4 is 5.32 Å². The van der Waals surface area contributed by atoms with Crippen LogP contribution >= 0.6 is 0 Å². The Balaban J connectivity index is 2.38. The highest BCUT2D eigenvalue weighted by atomic mass is 16.5. The Bertz CT molecular complexity index is 674. The molecule has 0 aliphatic heterocycles. The number of allylic oxidation sites excluding steroid dienone is 1. The molecule has 2 rings (SSSR count). The molecule has 0 bridgehead atoms. The predicted octanol–water partition coefficient (Wildman–Crippen LogP) is 4.36. The average molecular weight is 329 g/mol. The molecule has 1 aliphatic rings. The molecule has 1 saturated carbocycles. The summed E-state index contributed by atoms with van der Waals surface area (Å²) in [6.45, 7) is 8.01. The molecule has 130 valence electrons. The van der Waals surface area contributed by atoms with E-state index in [-0.39, 0.29) is 5.97 Å². The molecule has 0 saturated heterocycles. The van der Waals surface area contributed by atoms with E-state index in [4.69, 9.17) is 4.74 Å². The van der Waals surface area contributed by atoms with Gasteiger partial charge in [-0.15, -0.1) is 0 Å². The summed E-state index contributed by atoms with van der Waals surface area (Å²) in [6, 6.07) is 2.74. The predicted molar refractivity (Wildman–Crippen MR) is 94.8 cm³/mol. The van der Waals surface area contributed by atoms with Crippen molar-refractivity contribution in [1.29, 1.82) is 5.26 Å². The van der Waals surface area contributed by atoms with Gasteiger partial charge in [0, 0.05) is 23.5 Å². The van der Waals surface area contributed by atoms with Crippen molar-refractivity contribution < 1.29 is 9.53 Å². The van der Waals surface area contributed by atoms with E-state index in [0.29, 0.717) is 23.9 Å². The van der Waals surface area contributed by atoms with E-state index in [1.165, 1.54) is 25.3 Å². The van der Waals surface area contributed by atoms with Gasteiger partial charge in [0.15, 0.2) is 0 Å². The van der Waals surface area contributed by atoms with Crippen molar-refractivity contribution >= 4 is 11.8 Å². The van der Waals surface area contributed by atoms with Crippen molar-refractivity contribution in [2.75, 3.05) is 11.9 Å². The lowest BCUT2D eigenvalue weighted by Crippen LogP contribution is -2.17. The fourth-order valence-corrected chi connectivity index (χ4v) is 3.47. The zero-order chi connectivity index (χ0) is 17.7.